The predicted molar refractivity (Wildman–Crippen MR) is 45.0 cm³/mol. The molecule has 1 aliphatic rings. The lowest BCUT2D eigenvalue weighted by Gasteiger charge is -2.05. The van der Waals surface area contributed by atoms with Crippen LogP contribution in [0.1, 0.15) is 13.3 Å². The second kappa shape index (κ2) is 4.04. The lowest BCUT2D eigenvalue weighted by molar-refractivity contribution is -0.153. The summed E-state index contributed by atoms with van der Waals surface area (Å²) in [6.45, 7) is 4.75. The molecule has 0 N–H and O–H groups in total. The Labute approximate surface area is 80.7 Å². The van der Waals surface area contributed by atoms with E-state index in [2.05, 4.69) is 11.3 Å². The van der Waals surface area contributed by atoms with Crippen molar-refractivity contribution in [1.82, 2.24) is 0 Å². The van der Waals surface area contributed by atoms with E-state index in [0.717, 1.165) is 0 Å². The van der Waals surface area contributed by atoms with Crippen LogP contribution in [0, 0.1) is 5.92 Å². The number of esters is 3. The predicted octanol–water partition coefficient (Wildman–Crippen LogP) is 0.195. The number of carbonyl (C=O) groups excluding carboxylic acids is 3. The second-order valence-corrected chi connectivity index (χ2v) is 3.07. The lowest BCUT2D eigenvalue weighted by Crippen LogP contribution is -2.18. The van der Waals surface area contributed by atoms with Crippen molar-refractivity contribution in [2.24, 2.45) is 5.92 Å². The molecule has 1 heterocycles. The molecule has 0 radical (unpaired) electrons. The minimum atomic E-state index is -0.661. The first-order valence-electron chi connectivity index (χ1n) is 4.08. The Balaban J connectivity index is 2.39. The van der Waals surface area contributed by atoms with Crippen LogP contribution in [0.3, 0.4) is 0 Å². The standard InChI is InChI=1S/C9H10O5/c1-5(2)8(11)13-4-6-3-7(10)14-9(6)12/h6H,1,3-4H2,2H3. The molecule has 76 valence electrons. The Kier molecular flexibility index (Phi) is 3.01. The maximum Gasteiger partial charge on any atom is 0.333 e. The van der Waals surface area contributed by atoms with Crippen molar-refractivity contribution < 1.29 is 23.9 Å². The Hall–Kier alpha value is -1.65. The van der Waals surface area contributed by atoms with Crippen molar-refractivity contribution in [3.05, 3.63) is 12.2 Å². The zero-order valence-electron chi connectivity index (χ0n) is 7.74. The van der Waals surface area contributed by atoms with Gasteiger partial charge in [-0.05, 0) is 6.92 Å². The molecule has 0 aliphatic carbocycles. The Morgan fingerprint density at radius 3 is 2.71 bits per heavy atom. The molecule has 0 aromatic heterocycles. The van der Waals surface area contributed by atoms with Gasteiger partial charge in [0.1, 0.15) is 12.5 Å². The number of cyclic esters (lactones) is 2. The van der Waals surface area contributed by atoms with Gasteiger partial charge in [-0.2, -0.15) is 0 Å². The second-order valence-electron chi connectivity index (χ2n) is 3.07. The first kappa shape index (κ1) is 10.4. The highest BCUT2D eigenvalue weighted by molar-refractivity contribution is 5.95. The third-order valence-electron chi connectivity index (χ3n) is 1.72. The fourth-order valence-electron chi connectivity index (χ4n) is 0.948. The quantitative estimate of drug-likeness (QED) is 0.368. The van der Waals surface area contributed by atoms with Crippen molar-refractivity contribution in [2.45, 2.75) is 13.3 Å². The summed E-state index contributed by atoms with van der Waals surface area (Å²) in [7, 11) is 0. The zero-order chi connectivity index (χ0) is 10.7. The van der Waals surface area contributed by atoms with Crippen LogP contribution in [0.25, 0.3) is 0 Å². The smallest absolute Gasteiger partial charge is 0.333 e. The third-order valence-corrected chi connectivity index (χ3v) is 1.72. The molecule has 0 aromatic carbocycles. The summed E-state index contributed by atoms with van der Waals surface area (Å²) in [5.74, 6) is -2.45. The van der Waals surface area contributed by atoms with E-state index >= 15 is 0 Å². The number of rotatable bonds is 3. The monoisotopic (exact) mass is 198 g/mol. The number of hydrogen-bond acceptors (Lipinski definition) is 5. The van der Waals surface area contributed by atoms with E-state index in [9.17, 15) is 14.4 Å². The highest BCUT2D eigenvalue weighted by Gasteiger charge is 2.34. The van der Waals surface area contributed by atoms with Crippen LogP contribution < -0.4 is 0 Å². The molecule has 0 aromatic rings. The SMILES string of the molecule is C=C(C)C(=O)OCC1CC(=O)OC1=O. The van der Waals surface area contributed by atoms with E-state index in [0.29, 0.717) is 0 Å². The first-order valence-corrected chi connectivity index (χ1v) is 4.08. The normalized spacial score (nSPS) is 20.5. The van der Waals surface area contributed by atoms with Crippen LogP contribution in [0.5, 0.6) is 0 Å². The van der Waals surface area contributed by atoms with E-state index in [1.54, 1.807) is 0 Å². The summed E-state index contributed by atoms with van der Waals surface area (Å²) in [6.07, 6.45) is -0.0255. The summed E-state index contributed by atoms with van der Waals surface area (Å²) in [4.78, 5) is 32.5. The maximum atomic E-state index is 10.9. The first-order chi connectivity index (χ1) is 6.50. The van der Waals surface area contributed by atoms with Crippen molar-refractivity contribution >= 4 is 17.9 Å². The molecule has 5 heteroatoms. The minimum Gasteiger partial charge on any atom is -0.461 e. The van der Waals surface area contributed by atoms with Crippen LogP contribution in [0.15, 0.2) is 12.2 Å². The van der Waals surface area contributed by atoms with Crippen molar-refractivity contribution in [3.63, 3.8) is 0 Å². The lowest BCUT2D eigenvalue weighted by atomic mass is 10.1. The molecule has 0 saturated carbocycles. The van der Waals surface area contributed by atoms with E-state index < -0.39 is 23.8 Å². The summed E-state index contributed by atoms with van der Waals surface area (Å²) in [6, 6.07) is 0. The average molecular weight is 198 g/mol. The van der Waals surface area contributed by atoms with E-state index in [4.69, 9.17) is 4.74 Å². The van der Waals surface area contributed by atoms with Gasteiger partial charge in [0.05, 0.1) is 6.42 Å². The van der Waals surface area contributed by atoms with Gasteiger partial charge < -0.3 is 9.47 Å². The molecule has 1 atom stereocenters. The van der Waals surface area contributed by atoms with E-state index in [-0.39, 0.29) is 18.6 Å². The van der Waals surface area contributed by atoms with Gasteiger partial charge in [0, 0.05) is 5.57 Å². The summed E-state index contributed by atoms with van der Waals surface area (Å²) in [5.41, 5.74) is 0.252. The molecular formula is C9H10O5. The average Bonchev–Trinajstić information content (AvgIpc) is 2.40. The Bertz CT molecular complexity index is 304. The number of ether oxygens (including phenoxy) is 2. The zero-order valence-corrected chi connectivity index (χ0v) is 7.74. The van der Waals surface area contributed by atoms with Gasteiger partial charge in [0.25, 0.3) is 0 Å². The van der Waals surface area contributed by atoms with Gasteiger partial charge in [0.15, 0.2) is 0 Å². The minimum absolute atomic E-state index is 0.0255. The van der Waals surface area contributed by atoms with Crippen LogP contribution >= 0.6 is 0 Å². The summed E-state index contributed by atoms with van der Waals surface area (Å²) >= 11 is 0. The van der Waals surface area contributed by atoms with Gasteiger partial charge in [0.2, 0.25) is 0 Å². The van der Waals surface area contributed by atoms with E-state index in [1.807, 2.05) is 0 Å². The highest BCUT2D eigenvalue weighted by Crippen LogP contribution is 2.16. The van der Waals surface area contributed by atoms with E-state index in [1.165, 1.54) is 6.92 Å². The third kappa shape index (κ3) is 2.42. The van der Waals surface area contributed by atoms with Crippen LogP contribution in [-0.2, 0) is 23.9 Å². The Morgan fingerprint density at radius 2 is 2.29 bits per heavy atom. The summed E-state index contributed by atoms with van der Waals surface area (Å²) in [5, 5.41) is 0. The van der Waals surface area contributed by atoms with Crippen LogP contribution in [-0.4, -0.2) is 24.5 Å². The molecule has 1 saturated heterocycles. The highest BCUT2D eigenvalue weighted by atomic mass is 16.6. The van der Waals surface area contributed by atoms with Crippen molar-refractivity contribution in [1.29, 1.82) is 0 Å². The van der Waals surface area contributed by atoms with Crippen LogP contribution in [0.4, 0.5) is 0 Å². The molecule has 1 rings (SSSR count). The molecular weight excluding hydrogens is 188 g/mol. The fraction of sp³-hybridized carbons (Fsp3) is 0.444. The number of carbonyl (C=O) groups is 3. The largest absolute Gasteiger partial charge is 0.461 e. The molecule has 0 bridgehead atoms. The van der Waals surface area contributed by atoms with Crippen molar-refractivity contribution in [3.8, 4) is 0 Å². The molecule has 0 spiro atoms. The molecule has 0 amide bonds. The van der Waals surface area contributed by atoms with Gasteiger partial charge in [-0.25, -0.2) is 4.79 Å². The maximum absolute atomic E-state index is 10.9. The van der Waals surface area contributed by atoms with Gasteiger partial charge >= 0.3 is 17.9 Å². The Morgan fingerprint density at radius 1 is 1.64 bits per heavy atom. The number of hydrogen-bond donors (Lipinski definition) is 0. The summed E-state index contributed by atoms with van der Waals surface area (Å²) < 4.78 is 8.99. The molecule has 5 nitrogen and oxygen atoms in total. The molecule has 14 heavy (non-hydrogen) atoms. The molecule has 1 unspecified atom stereocenters. The van der Waals surface area contributed by atoms with Crippen LogP contribution in [0.2, 0.25) is 0 Å². The van der Waals surface area contributed by atoms with Gasteiger partial charge in [-0.3, -0.25) is 9.59 Å². The van der Waals surface area contributed by atoms with Gasteiger partial charge in [-0.1, -0.05) is 6.58 Å². The van der Waals surface area contributed by atoms with Gasteiger partial charge in [-0.15, -0.1) is 0 Å². The fourth-order valence-corrected chi connectivity index (χ4v) is 0.948. The molecule has 1 fully saturated rings. The van der Waals surface area contributed by atoms with Crippen molar-refractivity contribution in [2.75, 3.05) is 6.61 Å². The molecule has 1 aliphatic heterocycles. The topological polar surface area (TPSA) is 69.7 Å².